The molecule has 0 spiro atoms. The molecule has 0 aliphatic rings. The van der Waals surface area contributed by atoms with Gasteiger partial charge >= 0.3 is 5.97 Å². The molecule has 2 atom stereocenters. The number of carboxylic acids is 1. The van der Waals surface area contributed by atoms with Crippen molar-refractivity contribution in [3.05, 3.63) is 25.3 Å². The first-order valence-electron chi connectivity index (χ1n) is 3.87. The average molecular weight is 186 g/mol. The smallest absolute Gasteiger partial charge is 0.310 e. The van der Waals surface area contributed by atoms with Gasteiger partial charge in [-0.1, -0.05) is 12.2 Å². The van der Waals surface area contributed by atoms with Crippen LogP contribution in [0.2, 0.25) is 0 Å². The van der Waals surface area contributed by atoms with E-state index in [1.54, 1.807) is 0 Å². The van der Waals surface area contributed by atoms with Crippen molar-refractivity contribution in [3.8, 4) is 0 Å². The molecule has 0 saturated carbocycles. The van der Waals surface area contributed by atoms with E-state index in [-0.39, 0.29) is 13.0 Å². The van der Waals surface area contributed by atoms with E-state index >= 15 is 0 Å². The lowest BCUT2D eigenvalue weighted by Crippen LogP contribution is -2.21. The van der Waals surface area contributed by atoms with Crippen molar-refractivity contribution in [2.75, 3.05) is 6.61 Å². The molecule has 2 N–H and O–H groups in total. The Morgan fingerprint density at radius 3 is 2.54 bits per heavy atom. The van der Waals surface area contributed by atoms with Crippen molar-refractivity contribution in [2.45, 2.75) is 12.7 Å². The van der Waals surface area contributed by atoms with Gasteiger partial charge in [0.1, 0.15) is 0 Å². The van der Waals surface area contributed by atoms with Crippen molar-refractivity contribution in [1.29, 1.82) is 0 Å². The molecule has 0 fully saturated rings. The summed E-state index contributed by atoms with van der Waals surface area (Å²) in [5, 5.41) is 17.7. The number of aliphatic hydroxyl groups is 1. The molecule has 0 unspecified atom stereocenters. The first-order valence-corrected chi connectivity index (χ1v) is 3.87. The lowest BCUT2D eigenvalue weighted by molar-refractivity contribution is -0.146. The molecule has 0 aliphatic carbocycles. The standard InChI is InChI=1S/C9H14O4/c1-3-5-13-8(10)6-7(4-2)9(11)12/h3-4,7-8,10H,1-2,5-6H2,(H,11,12)/t7-,8+/m1/s1. The second kappa shape index (κ2) is 6.39. The fourth-order valence-corrected chi connectivity index (χ4v) is 0.762. The maximum Gasteiger partial charge on any atom is 0.310 e. The zero-order valence-corrected chi connectivity index (χ0v) is 7.35. The van der Waals surface area contributed by atoms with Crippen LogP contribution in [0.5, 0.6) is 0 Å². The van der Waals surface area contributed by atoms with Gasteiger partial charge in [0, 0.05) is 6.42 Å². The topological polar surface area (TPSA) is 66.8 Å². The van der Waals surface area contributed by atoms with Gasteiger partial charge in [-0.25, -0.2) is 0 Å². The number of hydrogen-bond acceptors (Lipinski definition) is 3. The quantitative estimate of drug-likeness (QED) is 0.455. The molecule has 74 valence electrons. The maximum atomic E-state index is 10.5. The Morgan fingerprint density at radius 2 is 2.15 bits per heavy atom. The van der Waals surface area contributed by atoms with E-state index in [4.69, 9.17) is 14.9 Å². The molecule has 4 heteroatoms. The van der Waals surface area contributed by atoms with Crippen LogP contribution in [0.1, 0.15) is 6.42 Å². The van der Waals surface area contributed by atoms with Crippen LogP contribution in [-0.4, -0.2) is 29.1 Å². The third kappa shape index (κ3) is 5.16. The Kier molecular flexibility index (Phi) is 5.84. The van der Waals surface area contributed by atoms with E-state index in [0.29, 0.717) is 0 Å². The second-order valence-electron chi connectivity index (χ2n) is 2.49. The molecular weight excluding hydrogens is 172 g/mol. The highest BCUT2D eigenvalue weighted by Crippen LogP contribution is 2.09. The van der Waals surface area contributed by atoms with Crippen LogP contribution in [0.25, 0.3) is 0 Å². The normalized spacial score (nSPS) is 14.5. The highest BCUT2D eigenvalue weighted by Gasteiger charge is 2.17. The first kappa shape index (κ1) is 11.9. The van der Waals surface area contributed by atoms with Crippen LogP contribution in [-0.2, 0) is 9.53 Å². The summed E-state index contributed by atoms with van der Waals surface area (Å²) in [6.07, 6.45) is 1.67. The van der Waals surface area contributed by atoms with Crippen molar-refractivity contribution < 1.29 is 19.7 Å². The summed E-state index contributed by atoms with van der Waals surface area (Å²) >= 11 is 0. The molecule has 0 saturated heterocycles. The number of carboxylic acid groups (broad SMARTS) is 1. The number of aliphatic hydroxyl groups excluding tert-OH is 1. The molecule has 0 bridgehead atoms. The monoisotopic (exact) mass is 186 g/mol. The molecular formula is C9H14O4. The number of ether oxygens (including phenoxy) is 1. The number of aliphatic carboxylic acids is 1. The zero-order chi connectivity index (χ0) is 10.3. The van der Waals surface area contributed by atoms with Gasteiger partial charge in [-0.3, -0.25) is 4.79 Å². The molecule has 0 aromatic rings. The van der Waals surface area contributed by atoms with Crippen LogP contribution in [0.3, 0.4) is 0 Å². The van der Waals surface area contributed by atoms with Crippen LogP contribution < -0.4 is 0 Å². The predicted molar refractivity (Wildman–Crippen MR) is 48.1 cm³/mol. The van der Waals surface area contributed by atoms with Gasteiger partial charge in [0.25, 0.3) is 0 Å². The van der Waals surface area contributed by atoms with Gasteiger partial charge in [0.05, 0.1) is 12.5 Å². The third-order valence-electron chi connectivity index (χ3n) is 1.46. The third-order valence-corrected chi connectivity index (χ3v) is 1.46. The van der Waals surface area contributed by atoms with E-state index in [1.165, 1.54) is 12.2 Å². The molecule has 13 heavy (non-hydrogen) atoms. The minimum Gasteiger partial charge on any atom is -0.481 e. The molecule has 0 heterocycles. The molecule has 4 nitrogen and oxygen atoms in total. The van der Waals surface area contributed by atoms with Crippen molar-refractivity contribution in [1.82, 2.24) is 0 Å². The molecule has 0 aliphatic heterocycles. The van der Waals surface area contributed by atoms with Crippen molar-refractivity contribution in [2.24, 2.45) is 5.92 Å². The van der Waals surface area contributed by atoms with E-state index in [9.17, 15) is 4.79 Å². The van der Waals surface area contributed by atoms with Crippen LogP contribution >= 0.6 is 0 Å². The van der Waals surface area contributed by atoms with Crippen LogP contribution in [0, 0.1) is 5.92 Å². The lowest BCUT2D eigenvalue weighted by Gasteiger charge is -2.13. The van der Waals surface area contributed by atoms with Crippen molar-refractivity contribution in [3.63, 3.8) is 0 Å². The molecule has 0 radical (unpaired) electrons. The summed E-state index contributed by atoms with van der Waals surface area (Å²) < 4.78 is 4.80. The van der Waals surface area contributed by atoms with Gasteiger partial charge in [0.2, 0.25) is 0 Å². The Balaban J connectivity index is 3.85. The van der Waals surface area contributed by atoms with Gasteiger partial charge in [-0.2, -0.15) is 0 Å². The number of carbonyl (C=O) groups is 1. The summed E-state index contributed by atoms with van der Waals surface area (Å²) in [6.45, 7) is 6.94. The predicted octanol–water partition coefficient (Wildman–Crippen LogP) is 0.784. The maximum absolute atomic E-state index is 10.5. The molecule has 0 aromatic heterocycles. The Morgan fingerprint density at radius 1 is 1.54 bits per heavy atom. The molecule has 0 aromatic carbocycles. The van der Waals surface area contributed by atoms with Gasteiger partial charge in [-0.05, 0) is 0 Å². The van der Waals surface area contributed by atoms with Crippen LogP contribution in [0.4, 0.5) is 0 Å². The minimum absolute atomic E-state index is 0.00662. The SMILES string of the molecule is C=CCO[C@H](O)C[C@@H](C=C)C(=O)O. The Hall–Kier alpha value is -1.13. The Bertz CT molecular complexity index is 188. The number of rotatable bonds is 7. The van der Waals surface area contributed by atoms with E-state index in [0.717, 1.165) is 0 Å². The summed E-state index contributed by atoms with van der Waals surface area (Å²) in [5.41, 5.74) is 0. The fourth-order valence-electron chi connectivity index (χ4n) is 0.762. The summed E-state index contributed by atoms with van der Waals surface area (Å²) in [5.74, 6) is -1.80. The molecule has 0 amide bonds. The van der Waals surface area contributed by atoms with Crippen LogP contribution in [0.15, 0.2) is 25.3 Å². The van der Waals surface area contributed by atoms with E-state index < -0.39 is 18.2 Å². The van der Waals surface area contributed by atoms with Crippen molar-refractivity contribution >= 4 is 5.97 Å². The minimum atomic E-state index is -1.09. The largest absolute Gasteiger partial charge is 0.481 e. The van der Waals surface area contributed by atoms with Gasteiger partial charge in [0.15, 0.2) is 6.29 Å². The van der Waals surface area contributed by atoms with Gasteiger partial charge in [-0.15, -0.1) is 13.2 Å². The first-order chi connectivity index (χ1) is 6.11. The second-order valence-corrected chi connectivity index (χ2v) is 2.49. The lowest BCUT2D eigenvalue weighted by atomic mass is 10.1. The summed E-state index contributed by atoms with van der Waals surface area (Å²) in [4.78, 5) is 10.5. The summed E-state index contributed by atoms with van der Waals surface area (Å²) in [7, 11) is 0. The highest BCUT2D eigenvalue weighted by atomic mass is 16.6. The zero-order valence-electron chi connectivity index (χ0n) is 7.35. The van der Waals surface area contributed by atoms with E-state index in [1.807, 2.05) is 0 Å². The highest BCUT2D eigenvalue weighted by molar-refractivity contribution is 5.71. The van der Waals surface area contributed by atoms with E-state index in [2.05, 4.69) is 13.2 Å². The average Bonchev–Trinajstić information content (AvgIpc) is 2.10. The Labute approximate surface area is 77.1 Å². The fraction of sp³-hybridized carbons (Fsp3) is 0.444. The van der Waals surface area contributed by atoms with Gasteiger partial charge < -0.3 is 14.9 Å². The summed E-state index contributed by atoms with van der Waals surface area (Å²) in [6, 6.07) is 0. The number of hydrogen-bond donors (Lipinski definition) is 2. The molecule has 0 rings (SSSR count).